The van der Waals surface area contributed by atoms with Crippen molar-refractivity contribution in [3.8, 4) is 0 Å². The molecule has 0 bridgehead atoms. The summed E-state index contributed by atoms with van der Waals surface area (Å²) in [6.45, 7) is 5.36. The van der Waals surface area contributed by atoms with Gasteiger partial charge in [-0.3, -0.25) is 13.9 Å². The molecule has 0 spiro atoms. The molecule has 28 heavy (non-hydrogen) atoms. The number of hydrogen-bond donors (Lipinski definition) is 0. The van der Waals surface area contributed by atoms with Crippen molar-refractivity contribution in [1.82, 2.24) is 0 Å². The second-order valence-electron chi connectivity index (χ2n) is 6.17. The summed E-state index contributed by atoms with van der Waals surface area (Å²) in [6, 6.07) is 15.3. The molecule has 7 heteroatoms. The van der Waals surface area contributed by atoms with Crippen LogP contribution in [0.2, 0.25) is 0 Å². The third kappa shape index (κ3) is 5.79. The second-order valence-corrected chi connectivity index (χ2v) is 8.03. The van der Waals surface area contributed by atoms with Crippen molar-refractivity contribution in [1.29, 1.82) is 0 Å². The fourth-order valence-electron chi connectivity index (χ4n) is 2.52. The van der Waals surface area contributed by atoms with Crippen LogP contribution in [0.25, 0.3) is 0 Å². The largest absolute Gasteiger partial charge is 0.393 e. The quantitative estimate of drug-likeness (QED) is 0.364. The monoisotopic (exact) mass is 401 g/mol. The summed E-state index contributed by atoms with van der Waals surface area (Å²) in [5, 5.41) is 0. The predicted molar refractivity (Wildman–Crippen MR) is 107 cm³/mol. The summed E-state index contributed by atoms with van der Waals surface area (Å²) in [7, 11) is -3.80. The molecule has 0 aliphatic carbocycles. The maximum Gasteiger partial charge on any atom is 0.317 e. The molecule has 0 aliphatic heterocycles. The van der Waals surface area contributed by atoms with Gasteiger partial charge in [-0.15, -0.1) is 6.58 Å². The predicted octanol–water partition coefficient (Wildman–Crippen LogP) is 3.62. The molecule has 0 aliphatic rings. The lowest BCUT2D eigenvalue weighted by Gasteiger charge is -2.24. The molecule has 0 saturated heterocycles. The van der Waals surface area contributed by atoms with E-state index < -0.39 is 22.0 Å². The van der Waals surface area contributed by atoms with E-state index >= 15 is 0 Å². The smallest absolute Gasteiger partial charge is 0.317 e. The van der Waals surface area contributed by atoms with Gasteiger partial charge in [0.2, 0.25) is 0 Å². The van der Waals surface area contributed by atoms with Crippen LogP contribution in [-0.2, 0) is 24.3 Å². The zero-order valence-corrected chi connectivity index (χ0v) is 16.5. The number of para-hydroxylation sites is 1. The summed E-state index contributed by atoms with van der Waals surface area (Å²) >= 11 is 0. The molecule has 0 atom stereocenters. The zero-order chi connectivity index (χ0) is 20.6. The van der Waals surface area contributed by atoms with Crippen LogP contribution in [0, 0.1) is 6.92 Å². The summed E-state index contributed by atoms with van der Waals surface area (Å²) in [5.41, 5.74) is 1.45. The first kappa shape index (κ1) is 21.4. The molecule has 0 N–H and O–H groups in total. The van der Waals surface area contributed by atoms with Crippen LogP contribution in [0.4, 0.5) is 5.69 Å². The van der Waals surface area contributed by atoms with Crippen LogP contribution in [-0.4, -0.2) is 26.9 Å². The first-order chi connectivity index (χ1) is 13.3. The standard InChI is InChI=1S/C21H23NO5S/c1-3-8-20(23)27-21(24)11-7-16-22(18-9-5-4-6-10-18)28(25,26)19-14-12-17(2)13-15-19/h3-6,9-10,12-15H,1,7-8,11,16H2,2H3. The molecule has 2 aromatic carbocycles. The van der Waals surface area contributed by atoms with Crippen molar-refractivity contribution < 1.29 is 22.7 Å². The Balaban J connectivity index is 2.15. The Labute approximate surface area is 165 Å². The molecule has 0 heterocycles. The van der Waals surface area contributed by atoms with Gasteiger partial charge in [0.15, 0.2) is 0 Å². The van der Waals surface area contributed by atoms with E-state index in [1.165, 1.54) is 10.4 Å². The van der Waals surface area contributed by atoms with Gasteiger partial charge in [-0.1, -0.05) is 42.0 Å². The lowest BCUT2D eigenvalue weighted by molar-refractivity contribution is -0.159. The number of aryl methyl sites for hydroxylation is 1. The maximum atomic E-state index is 13.1. The Hall–Kier alpha value is -2.93. The van der Waals surface area contributed by atoms with Crippen molar-refractivity contribution in [3.63, 3.8) is 0 Å². The number of nitrogens with zero attached hydrogens (tertiary/aromatic N) is 1. The molecular formula is C21H23NO5S. The van der Waals surface area contributed by atoms with Gasteiger partial charge in [-0.05, 0) is 37.6 Å². The number of ether oxygens (including phenoxy) is 1. The van der Waals surface area contributed by atoms with E-state index in [9.17, 15) is 18.0 Å². The lowest BCUT2D eigenvalue weighted by Crippen LogP contribution is -2.32. The van der Waals surface area contributed by atoms with Gasteiger partial charge in [0.25, 0.3) is 10.0 Å². The molecule has 0 amide bonds. The molecule has 148 valence electrons. The summed E-state index contributed by atoms with van der Waals surface area (Å²) in [5.74, 6) is -1.36. The third-order valence-corrected chi connectivity index (χ3v) is 5.78. The summed E-state index contributed by atoms with van der Waals surface area (Å²) < 4.78 is 32.2. The molecule has 0 saturated carbocycles. The highest BCUT2D eigenvalue weighted by Crippen LogP contribution is 2.24. The van der Waals surface area contributed by atoms with E-state index in [4.69, 9.17) is 0 Å². The minimum atomic E-state index is -3.80. The molecule has 2 aromatic rings. The van der Waals surface area contributed by atoms with Crippen LogP contribution >= 0.6 is 0 Å². The molecular weight excluding hydrogens is 378 g/mol. The fraction of sp³-hybridized carbons (Fsp3) is 0.238. The third-order valence-electron chi connectivity index (χ3n) is 3.93. The molecule has 0 aromatic heterocycles. The van der Waals surface area contributed by atoms with Crippen LogP contribution in [0.5, 0.6) is 0 Å². The number of anilines is 1. The van der Waals surface area contributed by atoms with Gasteiger partial charge < -0.3 is 4.74 Å². The topological polar surface area (TPSA) is 80.8 Å². The number of esters is 2. The normalized spacial score (nSPS) is 10.9. The Kier molecular flexibility index (Phi) is 7.52. The van der Waals surface area contributed by atoms with E-state index in [2.05, 4.69) is 11.3 Å². The Morgan fingerprint density at radius 3 is 2.29 bits per heavy atom. The highest BCUT2D eigenvalue weighted by Gasteiger charge is 2.25. The van der Waals surface area contributed by atoms with Gasteiger partial charge in [0, 0.05) is 13.0 Å². The molecule has 0 fully saturated rings. The number of rotatable bonds is 9. The van der Waals surface area contributed by atoms with Crippen molar-refractivity contribution in [2.75, 3.05) is 10.8 Å². The van der Waals surface area contributed by atoms with E-state index in [1.807, 2.05) is 6.92 Å². The molecule has 0 radical (unpaired) electrons. The van der Waals surface area contributed by atoms with Crippen molar-refractivity contribution in [2.24, 2.45) is 0 Å². The van der Waals surface area contributed by atoms with E-state index in [1.54, 1.807) is 54.6 Å². The minimum absolute atomic E-state index is 0.0519. The van der Waals surface area contributed by atoms with Crippen LogP contribution < -0.4 is 4.31 Å². The van der Waals surface area contributed by atoms with Gasteiger partial charge >= 0.3 is 11.9 Å². The van der Waals surface area contributed by atoms with Crippen LogP contribution in [0.3, 0.4) is 0 Å². The average molecular weight is 401 g/mol. The Bertz CT molecular complexity index is 921. The second kappa shape index (κ2) is 9.85. The molecule has 6 nitrogen and oxygen atoms in total. The number of carbonyl (C=O) groups is 2. The van der Waals surface area contributed by atoms with Crippen molar-refractivity contribution in [2.45, 2.75) is 31.1 Å². The highest BCUT2D eigenvalue weighted by atomic mass is 32.2. The average Bonchev–Trinajstić information content (AvgIpc) is 2.66. The first-order valence-electron chi connectivity index (χ1n) is 8.83. The number of sulfonamides is 1. The molecule has 2 rings (SSSR count). The number of hydrogen-bond acceptors (Lipinski definition) is 5. The van der Waals surface area contributed by atoms with Gasteiger partial charge in [0.05, 0.1) is 17.0 Å². The van der Waals surface area contributed by atoms with Gasteiger partial charge in [-0.25, -0.2) is 8.42 Å². The minimum Gasteiger partial charge on any atom is -0.393 e. The van der Waals surface area contributed by atoms with Gasteiger partial charge in [-0.2, -0.15) is 0 Å². The zero-order valence-electron chi connectivity index (χ0n) is 15.7. The van der Waals surface area contributed by atoms with Gasteiger partial charge in [0.1, 0.15) is 0 Å². The Morgan fingerprint density at radius 2 is 1.68 bits per heavy atom. The highest BCUT2D eigenvalue weighted by molar-refractivity contribution is 7.92. The van der Waals surface area contributed by atoms with E-state index in [0.717, 1.165) is 5.56 Å². The first-order valence-corrected chi connectivity index (χ1v) is 10.3. The fourth-order valence-corrected chi connectivity index (χ4v) is 4.03. The van der Waals surface area contributed by atoms with E-state index in [0.29, 0.717) is 5.69 Å². The van der Waals surface area contributed by atoms with Crippen LogP contribution in [0.15, 0.2) is 72.1 Å². The number of benzene rings is 2. The van der Waals surface area contributed by atoms with E-state index in [-0.39, 0.29) is 30.7 Å². The van der Waals surface area contributed by atoms with Crippen molar-refractivity contribution in [3.05, 3.63) is 72.8 Å². The maximum absolute atomic E-state index is 13.1. The Morgan fingerprint density at radius 1 is 1.04 bits per heavy atom. The van der Waals surface area contributed by atoms with Crippen molar-refractivity contribution >= 4 is 27.6 Å². The SMILES string of the molecule is C=CCC(=O)OC(=O)CCCN(c1ccccc1)S(=O)(=O)c1ccc(C)cc1. The summed E-state index contributed by atoms with van der Waals surface area (Å²) in [6.07, 6.45) is 1.43. The number of carbonyl (C=O) groups excluding carboxylic acids is 2. The molecule has 0 unspecified atom stereocenters. The lowest BCUT2D eigenvalue weighted by atomic mass is 10.2. The van der Waals surface area contributed by atoms with Crippen LogP contribution in [0.1, 0.15) is 24.8 Å². The summed E-state index contributed by atoms with van der Waals surface area (Å²) in [4.78, 5) is 23.3.